The van der Waals surface area contributed by atoms with Crippen LogP contribution in [0.25, 0.3) is 10.1 Å². The molecule has 1 unspecified atom stereocenters. The maximum absolute atomic E-state index is 13.4. The SMILES string of the molecule is CN(C)CCN1C(=O)C2[C@H](Cc3c(sc4ccccc34)N2c2cccc(O)c2)C1=O. The summed E-state index contributed by atoms with van der Waals surface area (Å²) in [7, 11) is 3.86. The molecular weight excluding hydrogens is 398 g/mol. The number of rotatable bonds is 4. The molecule has 3 heterocycles. The van der Waals surface area contributed by atoms with Gasteiger partial charge >= 0.3 is 0 Å². The predicted molar refractivity (Wildman–Crippen MR) is 118 cm³/mol. The van der Waals surface area contributed by atoms with Crippen LogP contribution in [-0.4, -0.2) is 59.9 Å². The summed E-state index contributed by atoms with van der Waals surface area (Å²) in [5, 5.41) is 12.2. The minimum absolute atomic E-state index is 0.0991. The van der Waals surface area contributed by atoms with Gasteiger partial charge in [-0.1, -0.05) is 24.3 Å². The molecule has 2 aliphatic heterocycles. The van der Waals surface area contributed by atoms with Gasteiger partial charge in [-0.05, 0) is 49.7 Å². The van der Waals surface area contributed by atoms with Gasteiger partial charge in [0.05, 0.1) is 5.92 Å². The maximum Gasteiger partial charge on any atom is 0.253 e. The fourth-order valence-corrected chi connectivity index (χ4v) is 5.82. The van der Waals surface area contributed by atoms with Crippen molar-refractivity contribution in [3.63, 3.8) is 0 Å². The lowest BCUT2D eigenvalue weighted by Crippen LogP contribution is -2.45. The fourth-order valence-electron chi connectivity index (χ4n) is 4.53. The predicted octanol–water partition coefficient (Wildman–Crippen LogP) is 3.22. The summed E-state index contributed by atoms with van der Waals surface area (Å²) in [6, 6.07) is 14.5. The van der Waals surface area contributed by atoms with Crippen LogP contribution in [0, 0.1) is 5.92 Å². The first kappa shape index (κ1) is 19.1. The number of nitrogens with zero attached hydrogens (tertiary/aromatic N) is 3. The second kappa shape index (κ2) is 7.11. The lowest BCUT2D eigenvalue weighted by atomic mass is 9.88. The van der Waals surface area contributed by atoms with Crippen LogP contribution in [-0.2, 0) is 16.0 Å². The van der Waals surface area contributed by atoms with Crippen molar-refractivity contribution in [1.29, 1.82) is 0 Å². The van der Waals surface area contributed by atoms with E-state index in [4.69, 9.17) is 0 Å². The van der Waals surface area contributed by atoms with Gasteiger partial charge in [0.15, 0.2) is 0 Å². The minimum atomic E-state index is -0.581. The highest BCUT2D eigenvalue weighted by atomic mass is 32.1. The molecule has 1 aromatic heterocycles. The lowest BCUT2D eigenvalue weighted by molar-refractivity contribution is -0.139. The summed E-state index contributed by atoms with van der Waals surface area (Å²) in [4.78, 5) is 32.1. The van der Waals surface area contributed by atoms with Gasteiger partial charge in [0.1, 0.15) is 16.8 Å². The minimum Gasteiger partial charge on any atom is -0.508 e. The van der Waals surface area contributed by atoms with E-state index in [0.717, 1.165) is 26.3 Å². The van der Waals surface area contributed by atoms with E-state index in [0.29, 0.717) is 19.5 Å². The van der Waals surface area contributed by atoms with Gasteiger partial charge < -0.3 is 14.9 Å². The van der Waals surface area contributed by atoms with Crippen molar-refractivity contribution >= 4 is 43.9 Å². The topological polar surface area (TPSA) is 64.1 Å². The number of phenolic OH excluding ortho intramolecular Hbond substituents is 1. The first-order valence-corrected chi connectivity index (χ1v) is 10.9. The number of fused-ring (bicyclic) bond motifs is 4. The Morgan fingerprint density at radius 3 is 2.67 bits per heavy atom. The Bertz CT molecular complexity index is 1160. The molecule has 5 rings (SSSR count). The first-order chi connectivity index (χ1) is 14.5. The molecule has 2 aliphatic rings. The van der Waals surface area contributed by atoms with E-state index < -0.39 is 12.0 Å². The van der Waals surface area contributed by atoms with E-state index in [1.165, 1.54) is 4.90 Å². The highest BCUT2D eigenvalue weighted by Gasteiger charge is 2.54. The number of thiophene rings is 1. The first-order valence-electron chi connectivity index (χ1n) is 10.0. The molecule has 154 valence electrons. The third-order valence-electron chi connectivity index (χ3n) is 5.96. The molecule has 1 N–H and O–H groups in total. The number of likely N-dealkylation sites (tertiary alicyclic amines) is 1. The summed E-state index contributed by atoms with van der Waals surface area (Å²) in [5.74, 6) is -0.540. The molecule has 1 fully saturated rings. The van der Waals surface area contributed by atoms with Crippen LogP contribution in [0.1, 0.15) is 5.56 Å². The standard InChI is InChI=1S/C23H23N3O3S/c1-24(2)10-11-25-21(28)18-13-17-16-8-3-4-9-19(16)30-23(17)26(20(18)22(25)29)14-6-5-7-15(27)12-14/h3-9,12,18,20,27H,10-11,13H2,1-2H3/t18-,20?/m0/s1. The van der Waals surface area contributed by atoms with Crippen molar-refractivity contribution in [3.05, 3.63) is 54.1 Å². The molecule has 30 heavy (non-hydrogen) atoms. The van der Waals surface area contributed by atoms with Gasteiger partial charge in [0, 0.05) is 29.5 Å². The van der Waals surface area contributed by atoms with Gasteiger partial charge in [-0.15, -0.1) is 11.3 Å². The molecular formula is C23H23N3O3S. The van der Waals surface area contributed by atoms with Crippen molar-refractivity contribution in [2.24, 2.45) is 5.92 Å². The van der Waals surface area contributed by atoms with Crippen molar-refractivity contribution in [2.45, 2.75) is 12.5 Å². The number of anilines is 2. The smallest absolute Gasteiger partial charge is 0.253 e. The number of amides is 2. The molecule has 6 nitrogen and oxygen atoms in total. The normalized spacial score (nSPS) is 20.9. The van der Waals surface area contributed by atoms with Crippen molar-refractivity contribution in [3.8, 4) is 5.75 Å². The number of aromatic hydroxyl groups is 1. The Kier molecular flexibility index (Phi) is 4.52. The number of carbonyl (C=O) groups excluding carboxylic acids is 2. The molecule has 0 spiro atoms. The number of hydrogen-bond donors (Lipinski definition) is 1. The van der Waals surface area contributed by atoms with Crippen LogP contribution >= 0.6 is 11.3 Å². The molecule has 7 heteroatoms. The van der Waals surface area contributed by atoms with E-state index in [1.54, 1.807) is 29.5 Å². The zero-order valence-electron chi connectivity index (χ0n) is 16.9. The van der Waals surface area contributed by atoms with Gasteiger partial charge in [0.25, 0.3) is 5.91 Å². The van der Waals surface area contributed by atoms with Crippen LogP contribution < -0.4 is 4.90 Å². The third kappa shape index (κ3) is 2.88. The molecule has 0 saturated carbocycles. The van der Waals surface area contributed by atoms with E-state index in [1.807, 2.05) is 42.1 Å². The molecule has 0 radical (unpaired) electrons. The second-order valence-corrected chi connectivity index (χ2v) is 9.19. The Labute approximate surface area is 178 Å². The fraction of sp³-hybridized carbons (Fsp3) is 0.304. The van der Waals surface area contributed by atoms with Crippen molar-refractivity contribution in [2.75, 3.05) is 32.1 Å². The van der Waals surface area contributed by atoms with E-state index in [-0.39, 0.29) is 17.6 Å². The number of likely N-dealkylation sites (N-methyl/N-ethyl adjacent to an activating group) is 1. The van der Waals surface area contributed by atoms with E-state index in [2.05, 4.69) is 12.1 Å². The summed E-state index contributed by atoms with van der Waals surface area (Å²) < 4.78 is 1.14. The molecule has 0 aliphatic carbocycles. The molecule has 2 atom stereocenters. The van der Waals surface area contributed by atoms with Gasteiger partial charge in [-0.2, -0.15) is 0 Å². The van der Waals surface area contributed by atoms with Crippen LogP contribution in [0.15, 0.2) is 48.5 Å². The molecule has 2 aromatic carbocycles. The number of benzene rings is 2. The third-order valence-corrected chi connectivity index (χ3v) is 7.17. The summed E-state index contributed by atoms with van der Waals surface area (Å²) in [6.07, 6.45) is 0.558. The molecule has 3 aromatic rings. The number of carbonyl (C=O) groups is 2. The monoisotopic (exact) mass is 421 g/mol. The zero-order chi connectivity index (χ0) is 21.0. The highest BCUT2D eigenvalue weighted by Crippen LogP contribution is 2.50. The maximum atomic E-state index is 13.4. The average Bonchev–Trinajstić information content (AvgIpc) is 3.20. The Morgan fingerprint density at radius 1 is 1.10 bits per heavy atom. The van der Waals surface area contributed by atoms with Gasteiger partial charge in [-0.3, -0.25) is 14.5 Å². The summed E-state index contributed by atoms with van der Waals surface area (Å²) >= 11 is 1.63. The molecule has 0 bridgehead atoms. The zero-order valence-corrected chi connectivity index (χ0v) is 17.7. The van der Waals surface area contributed by atoms with Gasteiger partial charge in [0.2, 0.25) is 5.91 Å². The largest absolute Gasteiger partial charge is 0.508 e. The highest BCUT2D eigenvalue weighted by molar-refractivity contribution is 7.23. The Hall–Kier alpha value is -2.90. The summed E-state index contributed by atoms with van der Waals surface area (Å²) in [5.41, 5.74) is 1.84. The van der Waals surface area contributed by atoms with E-state index in [9.17, 15) is 14.7 Å². The van der Waals surface area contributed by atoms with Crippen LogP contribution in [0.2, 0.25) is 0 Å². The van der Waals surface area contributed by atoms with Gasteiger partial charge in [-0.25, -0.2) is 0 Å². The van der Waals surface area contributed by atoms with Crippen molar-refractivity contribution in [1.82, 2.24) is 9.80 Å². The number of hydrogen-bond acceptors (Lipinski definition) is 6. The quantitative estimate of drug-likeness (QED) is 0.656. The molecule has 1 saturated heterocycles. The summed E-state index contributed by atoms with van der Waals surface area (Å²) in [6.45, 7) is 1.02. The van der Waals surface area contributed by atoms with E-state index >= 15 is 0 Å². The second-order valence-electron chi connectivity index (χ2n) is 8.16. The van der Waals surface area contributed by atoms with Crippen LogP contribution in [0.3, 0.4) is 0 Å². The number of imide groups is 1. The Morgan fingerprint density at radius 2 is 1.90 bits per heavy atom. The van der Waals surface area contributed by atoms with Crippen LogP contribution in [0.4, 0.5) is 10.7 Å². The average molecular weight is 422 g/mol. The molecule has 2 amide bonds. The Balaban J connectivity index is 1.66. The lowest BCUT2D eigenvalue weighted by Gasteiger charge is -2.36. The van der Waals surface area contributed by atoms with Crippen LogP contribution in [0.5, 0.6) is 5.75 Å². The number of phenols is 1. The van der Waals surface area contributed by atoms with Crippen molar-refractivity contribution < 1.29 is 14.7 Å².